The van der Waals surface area contributed by atoms with Crippen LogP contribution in [-0.2, 0) is 33.3 Å². The number of unbranched alkanes of at least 4 members (excludes halogenated alkanes) is 2. The van der Waals surface area contributed by atoms with Gasteiger partial charge in [-0.05, 0) is 92.7 Å². The molecule has 0 unspecified atom stereocenters. The second-order valence-corrected chi connectivity index (χ2v) is 17.7. The Kier molecular flexibility index (Phi) is 16.2. The molecule has 0 aliphatic rings. The number of anilines is 3. The van der Waals surface area contributed by atoms with E-state index in [4.69, 9.17) is 5.73 Å². The van der Waals surface area contributed by atoms with Crippen LogP contribution >= 0.6 is 0 Å². The van der Waals surface area contributed by atoms with E-state index in [-0.39, 0.29) is 27.3 Å². The molecule has 63 heavy (non-hydrogen) atoms. The molecule has 7 rings (SSSR count). The quantitative estimate of drug-likeness (QED) is 0.0615. The summed E-state index contributed by atoms with van der Waals surface area (Å²) in [6.07, 6.45) is 8.64. The Labute approximate surface area is 368 Å². The summed E-state index contributed by atoms with van der Waals surface area (Å²) >= 11 is 0. The maximum absolute atomic E-state index is 13.1. The Morgan fingerprint density at radius 3 is 1.40 bits per heavy atom. The van der Waals surface area contributed by atoms with Crippen molar-refractivity contribution in [2.24, 2.45) is 0 Å². The lowest BCUT2D eigenvalue weighted by Gasteiger charge is -2.11. The highest BCUT2D eigenvalue weighted by molar-refractivity contribution is 7.86. The average Bonchev–Trinajstić information content (AvgIpc) is 3.24. The van der Waals surface area contributed by atoms with Crippen LogP contribution in [0.15, 0.2) is 150 Å². The Hall–Kier alpha value is -6.52. The first-order chi connectivity index (χ1) is 30.0. The molecule has 2 heterocycles. The first-order valence-electron chi connectivity index (χ1n) is 20.4. The Bertz CT molecular complexity index is 2870. The van der Waals surface area contributed by atoms with Gasteiger partial charge in [0.25, 0.3) is 11.8 Å². The minimum Gasteiger partial charge on any atom is -0.744 e. The third-order valence-corrected chi connectivity index (χ3v) is 11.7. The topological polar surface area (TPSA) is 206 Å². The van der Waals surface area contributed by atoms with Gasteiger partial charge in [0.15, 0.2) is 12.4 Å². The normalized spacial score (nSPS) is 11.2. The molecule has 0 radical (unpaired) electrons. The summed E-state index contributed by atoms with van der Waals surface area (Å²) in [4.78, 5) is 25.7. The summed E-state index contributed by atoms with van der Waals surface area (Å²) < 4.78 is 66.8. The molecular weight excluding hydrogens is 839 g/mol. The van der Waals surface area contributed by atoms with Crippen molar-refractivity contribution >= 4 is 70.9 Å². The van der Waals surface area contributed by atoms with E-state index in [1.54, 1.807) is 42.5 Å². The molecule has 0 saturated heterocycles. The van der Waals surface area contributed by atoms with Crippen molar-refractivity contribution in [1.29, 1.82) is 0 Å². The van der Waals surface area contributed by atoms with Gasteiger partial charge in [-0.1, -0.05) is 62.1 Å². The molecule has 0 saturated carbocycles. The van der Waals surface area contributed by atoms with E-state index in [1.807, 2.05) is 74.5 Å². The summed E-state index contributed by atoms with van der Waals surface area (Å²) in [5.41, 5.74) is 12.7. The Morgan fingerprint density at radius 2 is 1.00 bits per heavy atom. The molecule has 0 aliphatic heterocycles. The van der Waals surface area contributed by atoms with Gasteiger partial charge in [-0.3, -0.25) is 9.59 Å². The highest BCUT2D eigenvalue weighted by atomic mass is 32.2. The van der Waals surface area contributed by atoms with Gasteiger partial charge in [-0.25, -0.2) is 16.8 Å². The third-order valence-electron chi connectivity index (χ3n) is 9.96. The summed E-state index contributed by atoms with van der Waals surface area (Å²) in [5, 5.41) is 8.00. The predicted molar refractivity (Wildman–Crippen MR) is 243 cm³/mol. The van der Waals surface area contributed by atoms with E-state index < -0.39 is 20.2 Å². The van der Waals surface area contributed by atoms with Crippen LogP contribution in [0, 0.1) is 13.8 Å². The molecule has 0 spiro atoms. The van der Waals surface area contributed by atoms with Gasteiger partial charge in [0.05, 0.1) is 15.4 Å². The van der Waals surface area contributed by atoms with E-state index in [2.05, 4.69) is 46.0 Å². The molecular formula is C48H51N5O8S2. The average molecular weight is 890 g/mol. The molecule has 15 heteroatoms. The first kappa shape index (κ1) is 47.5. The minimum absolute atomic E-state index is 0.178. The SMILES string of the molecule is CCCC[n+]1cccc2cc(NC(=O)c3ccc(C(=O)Nc4ccc5c(ccc[n+]5CCCC)c4)c(N)c3)ccc21.Cc1ccc(S(=O)(=O)[O-])cc1.Cc1ccc(S(=O)(=O)[O-])cc1. The zero-order chi connectivity index (χ0) is 45.7. The lowest BCUT2D eigenvalue weighted by atomic mass is 10.1. The molecule has 0 aliphatic carbocycles. The number of hydrogen-bond donors (Lipinski definition) is 3. The fraction of sp³-hybridized carbons (Fsp3) is 0.208. The Morgan fingerprint density at radius 1 is 0.571 bits per heavy atom. The van der Waals surface area contributed by atoms with Gasteiger partial charge in [-0.2, -0.15) is 9.13 Å². The lowest BCUT2D eigenvalue weighted by Crippen LogP contribution is -2.33. The van der Waals surface area contributed by atoms with Crippen LogP contribution in [0.4, 0.5) is 17.1 Å². The monoisotopic (exact) mass is 889 g/mol. The molecule has 0 bridgehead atoms. The van der Waals surface area contributed by atoms with Gasteiger partial charge in [0.1, 0.15) is 33.3 Å². The van der Waals surface area contributed by atoms with Crippen molar-refractivity contribution < 1.29 is 44.7 Å². The van der Waals surface area contributed by atoms with Crippen molar-refractivity contribution in [1.82, 2.24) is 0 Å². The van der Waals surface area contributed by atoms with Gasteiger partial charge in [0, 0.05) is 70.5 Å². The van der Waals surface area contributed by atoms with E-state index >= 15 is 0 Å². The maximum Gasteiger partial charge on any atom is 0.257 e. The summed E-state index contributed by atoms with van der Waals surface area (Å²) in [7, 11) is -8.54. The number of nitrogens with two attached hydrogens (primary N) is 1. The zero-order valence-electron chi connectivity index (χ0n) is 35.6. The van der Waals surface area contributed by atoms with Crippen molar-refractivity contribution in [2.75, 3.05) is 16.4 Å². The molecule has 328 valence electrons. The van der Waals surface area contributed by atoms with E-state index in [0.29, 0.717) is 22.5 Å². The predicted octanol–water partition coefficient (Wildman–Crippen LogP) is 8.05. The number of nitrogen functional groups attached to an aromatic ring is 1. The van der Waals surface area contributed by atoms with Crippen LogP contribution in [-0.4, -0.2) is 37.8 Å². The Balaban J connectivity index is 0.000000276. The fourth-order valence-electron chi connectivity index (χ4n) is 6.49. The highest BCUT2D eigenvalue weighted by Crippen LogP contribution is 2.22. The number of aromatic nitrogens is 2. The van der Waals surface area contributed by atoms with Gasteiger partial charge in [-0.15, -0.1) is 0 Å². The van der Waals surface area contributed by atoms with E-state index in [0.717, 1.165) is 71.7 Å². The number of pyridine rings is 2. The molecule has 0 atom stereocenters. The molecule has 5 aromatic carbocycles. The minimum atomic E-state index is -4.27. The van der Waals surface area contributed by atoms with Gasteiger partial charge in [0.2, 0.25) is 11.0 Å². The van der Waals surface area contributed by atoms with E-state index in [1.165, 1.54) is 24.3 Å². The number of nitrogens with one attached hydrogen (secondary N) is 2. The van der Waals surface area contributed by atoms with Crippen LogP contribution < -0.4 is 25.5 Å². The van der Waals surface area contributed by atoms with Crippen LogP contribution in [0.3, 0.4) is 0 Å². The molecule has 2 amide bonds. The van der Waals surface area contributed by atoms with Crippen LogP contribution in [0.25, 0.3) is 21.8 Å². The number of rotatable bonds is 12. The fourth-order valence-corrected chi connectivity index (χ4v) is 7.42. The molecule has 7 aromatic rings. The van der Waals surface area contributed by atoms with Crippen LogP contribution in [0.5, 0.6) is 0 Å². The second kappa shape index (κ2) is 21.5. The largest absolute Gasteiger partial charge is 0.744 e. The van der Waals surface area contributed by atoms with Gasteiger partial charge >= 0.3 is 0 Å². The smallest absolute Gasteiger partial charge is 0.257 e. The lowest BCUT2D eigenvalue weighted by molar-refractivity contribution is -0.672. The number of benzene rings is 5. The highest BCUT2D eigenvalue weighted by Gasteiger charge is 2.16. The number of carbonyl (C=O) groups excluding carboxylic acids is 2. The molecule has 13 nitrogen and oxygen atoms in total. The number of fused-ring (bicyclic) bond motifs is 2. The first-order valence-corrected chi connectivity index (χ1v) is 23.2. The number of hydrogen-bond acceptors (Lipinski definition) is 9. The molecule has 0 fully saturated rings. The number of amides is 2. The standard InChI is InChI=1S/C34H35N5O2.2C7H8O3S/c1-3-5-17-38-19-7-9-24-21-27(12-15-31(24)38)36-33(40)26-11-14-29(30(35)23-26)34(41)37-28-13-16-32-25(22-28)10-8-20-39(32)18-6-4-2;2*1-6-2-4-7(5-3-6)11(8,9)10/h7-16,19-23H,3-6,17-18H2,1-2H3,(H2-2,35,36,37,40,41);2*2-5H,1H3,(H,8,9,10). The van der Waals surface area contributed by atoms with Crippen LogP contribution in [0.2, 0.25) is 0 Å². The number of nitrogens with zero attached hydrogens (tertiary/aromatic N) is 2. The van der Waals surface area contributed by atoms with Crippen molar-refractivity contribution in [2.45, 2.75) is 76.3 Å². The summed E-state index contributed by atoms with van der Waals surface area (Å²) in [5.74, 6) is -0.613. The zero-order valence-corrected chi connectivity index (χ0v) is 37.2. The third kappa shape index (κ3) is 13.5. The van der Waals surface area contributed by atoms with Crippen molar-refractivity contribution in [3.8, 4) is 0 Å². The summed E-state index contributed by atoms with van der Waals surface area (Å²) in [6, 6.07) is 36.2. The summed E-state index contributed by atoms with van der Waals surface area (Å²) in [6.45, 7) is 9.91. The van der Waals surface area contributed by atoms with Crippen LogP contribution in [0.1, 0.15) is 71.4 Å². The van der Waals surface area contributed by atoms with E-state index in [9.17, 15) is 35.5 Å². The van der Waals surface area contributed by atoms with Crippen molar-refractivity contribution in [3.05, 3.63) is 162 Å². The number of carbonyl (C=O) groups is 2. The van der Waals surface area contributed by atoms with Gasteiger partial charge < -0.3 is 25.5 Å². The molecule has 2 aromatic heterocycles. The maximum atomic E-state index is 13.1. The molecule has 4 N–H and O–H groups in total. The van der Waals surface area contributed by atoms with Crippen molar-refractivity contribution in [3.63, 3.8) is 0 Å². The second-order valence-electron chi connectivity index (χ2n) is 14.9. The number of aryl methyl sites for hydroxylation is 4.